The first kappa shape index (κ1) is 23.4. The fourth-order valence-corrected chi connectivity index (χ4v) is 3.53. The Hall–Kier alpha value is -2.24. The van der Waals surface area contributed by atoms with E-state index in [4.69, 9.17) is 18.8 Å². The van der Waals surface area contributed by atoms with Crippen molar-refractivity contribution in [1.82, 2.24) is 4.90 Å². The summed E-state index contributed by atoms with van der Waals surface area (Å²) in [5.74, 6) is 0.540. The Labute approximate surface area is 185 Å². The van der Waals surface area contributed by atoms with Gasteiger partial charge in [0.2, 0.25) is 0 Å². The maximum Gasteiger partial charge on any atom is 0.494 e. The third kappa shape index (κ3) is 5.34. The van der Waals surface area contributed by atoms with Gasteiger partial charge in [0.05, 0.1) is 16.8 Å². The summed E-state index contributed by atoms with van der Waals surface area (Å²) in [5, 5.41) is 9.66. The van der Waals surface area contributed by atoms with Crippen molar-refractivity contribution in [3.63, 3.8) is 0 Å². The van der Waals surface area contributed by atoms with Gasteiger partial charge in [0.25, 0.3) is 0 Å². The van der Waals surface area contributed by atoms with E-state index in [2.05, 4.69) is 6.07 Å². The molecule has 0 N–H and O–H groups in total. The standard InChI is InChI=1S/C23H33BN2O5/c1-21(2,3)29-20(27)26-12-10-18(11-13-26)28-19-9-8-17(14-16(19)15-25)24-30-22(4,5)23(6,7)31-24/h8-9,14,18H,10-13H2,1-7H3. The minimum atomic E-state index is -0.525. The Balaban J connectivity index is 1.62. The molecule has 168 valence electrons. The maximum absolute atomic E-state index is 12.2. The largest absolute Gasteiger partial charge is 0.494 e. The van der Waals surface area contributed by atoms with Gasteiger partial charge in [0.1, 0.15) is 23.5 Å². The van der Waals surface area contributed by atoms with Crippen molar-refractivity contribution in [2.75, 3.05) is 13.1 Å². The van der Waals surface area contributed by atoms with Crippen LogP contribution in [0.15, 0.2) is 18.2 Å². The molecule has 1 amide bonds. The van der Waals surface area contributed by atoms with Crippen molar-refractivity contribution in [2.45, 2.75) is 84.2 Å². The molecule has 0 radical (unpaired) electrons. The van der Waals surface area contributed by atoms with Crippen LogP contribution in [0.3, 0.4) is 0 Å². The van der Waals surface area contributed by atoms with Crippen LogP contribution in [0.2, 0.25) is 0 Å². The van der Waals surface area contributed by atoms with Crippen LogP contribution in [-0.2, 0) is 14.0 Å². The van der Waals surface area contributed by atoms with Gasteiger partial charge in [-0.05, 0) is 66.1 Å². The van der Waals surface area contributed by atoms with Crippen LogP contribution in [0, 0.1) is 11.3 Å². The average Bonchev–Trinajstić information content (AvgIpc) is 2.88. The normalized spacial score (nSPS) is 21.0. The van der Waals surface area contributed by atoms with E-state index in [9.17, 15) is 10.1 Å². The number of nitrogens with zero attached hydrogens (tertiary/aromatic N) is 2. The quantitative estimate of drug-likeness (QED) is 0.684. The lowest BCUT2D eigenvalue weighted by Crippen LogP contribution is -2.44. The number of nitriles is 1. The second-order valence-electron chi connectivity index (χ2n) is 10.2. The van der Waals surface area contributed by atoms with Gasteiger partial charge in [0.15, 0.2) is 0 Å². The van der Waals surface area contributed by atoms with Crippen LogP contribution < -0.4 is 10.2 Å². The van der Waals surface area contributed by atoms with Crippen LogP contribution in [-0.4, -0.2) is 54.1 Å². The van der Waals surface area contributed by atoms with Crippen LogP contribution in [0.5, 0.6) is 5.75 Å². The van der Waals surface area contributed by atoms with E-state index in [-0.39, 0.29) is 12.2 Å². The Morgan fingerprint density at radius 2 is 1.74 bits per heavy atom. The first-order chi connectivity index (χ1) is 14.3. The van der Waals surface area contributed by atoms with Crippen molar-refractivity contribution < 1.29 is 23.6 Å². The molecule has 2 fully saturated rings. The van der Waals surface area contributed by atoms with E-state index < -0.39 is 23.9 Å². The molecule has 0 aromatic heterocycles. The molecule has 2 aliphatic rings. The van der Waals surface area contributed by atoms with Crippen LogP contribution in [0.4, 0.5) is 4.79 Å². The molecule has 0 aliphatic carbocycles. The van der Waals surface area contributed by atoms with Gasteiger partial charge in [0, 0.05) is 25.9 Å². The summed E-state index contributed by atoms with van der Waals surface area (Å²) in [7, 11) is -0.525. The first-order valence-corrected chi connectivity index (χ1v) is 10.9. The lowest BCUT2D eigenvalue weighted by Gasteiger charge is -2.33. The Bertz CT molecular complexity index is 848. The maximum atomic E-state index is 12.2. The highest BCUT2D eigenvalue weighted by Gasteiger charge is 2.51. The van der Waals surface area contributed by atoms with Crippen molar-refractivity contribution in [2.24, 2.45) is 0 Å². The number of rotatable bonds is 3. The number of carbonyl (C=O) groups is 1. The summed E-state index contributed by atoms with van der Waals surface area (Å²) in [6, 6.07) is 7.68. The minimum Gasteiger partial charge on any atom is -0.489 e. The van der Waals surface area contributed by atoms with E-state index in [1.807, 2.05) is 54.5 Å². The second kappa shape index (κ2) is 8.36. The third-order valence-corrected chi connectivity index (χ3v) is 6.04. The van der Waals surface area contributed by atoms with Crippen molar-refractivity contribution in [3.8, 4) is 11.8 Å². The number of ether oxygens (including phenoxy) is 2. The highest BCUT2D eigenvalue weighted by molar-refractivity contribution is 6.62. The molecule has 8 heteroatoms. The molecule has 3 rings (SSSR count). The van der Waals surface area contributed by atoms with Gasteiger partial charge in [-0.2, -0.15) is 5.26 Å². The van der Waals surface area contributed by atoms with E-state index in [0.29, 0.717) is 37.2 Å². The molecule has 0 bridgehead atoms. The first-order valence-electron chi connectivity index (χ1n) is 10.9. The molecule has 0 saturated carbocycles. The zero-order valence-corrected chi connectivity index (χ0v) is 19.7. The number of amides is 1. The number of benzene rings is 1. The smallest absolute Gasteiger partial charge is 0.489 e. The molecule has 31 heavy (non-hydrogen) atoms. The van der Waals surface area contributed by atoms with E-state index in [1.54, 1.807) is 17.0 Å². The summed E-state index contributed by atoms with van der Waals surface area (Å²) in [5.41, 5.74) is -0.154. The van der Waals surface area contributed by atoms with Gasteiger partial charge in [-0.15, -0.1) is 0 Å². The Morgan fingerprint density at radius 1 is 1.16 bits per heavy atom. The predicted molar refractivity (Wildman–Crippen MR) is 118 cm³/mol. The Morgan fingerprint density at radius 3 is 2.26 bits per heavy atom. The van der Waals surface area contributed by atoms with Gasteiger partial charge < -0.3 is 23.7 Å². The molecule has 1 aromatic carbocycles. The van der Waals surface area contributed by atoms with Crippen molar-refractivity contribution >= 4 is 18.7 Å². The average molecular weight is 428 g/mol. The Kier molecular flexibility index (Phi) is 6.32. The lowest BCUT2D eigenvalue weighted by molar-refractivity contribution is 0.00578. The van der Waals surface area contributed by atoms with Crippen LogP contribution in [0.25, 0.3) is 0 Å². The van der Waals surface area contributed by atoms with Gasteiger partial charge >= 0.3 is 13.2 Å². The zero-order valence-electron chi connectivity index (χ0n) is 19.7. The number of likely N-dealkylation sites (tertiary alicyclic amines) is 1. The highest BCUT2D eigenvalue weighted by Crippen LogP contribution is 2.36. The van der Waals surface area contributed by atoms with Gasteiger partial charge in [-0.25, -0.2) is 4.79 Å². The van der Waals surface area contributed by atoms with Gasteiger partial charge in [-0.1, -0.05) is 6.07 Å². The molecule has 2 saturated heterocycles. The van der Waals surface area contributed by atoms with E-state index in [1.165, 1.54) is 0 Å². The van der Waals surface area contributed by atoms with Gasteiger partial charge in [-0.3, -0.25) is 0 Å². The third-order valence-electron chi connectivity index (χ3n) is 6.04. The summed E-state index contributed by atoms with van der Waals surface area (Å²) in [4.78, 5) is 13.9. The highest BCUT2D eigenvalue weighted by atomic mass is 16.7. The van der Waals surface area contributed by atoms with Crippen molar-refractivity contribution in [3.05, 3.63) is 23.8 Å². The number of hydrogen-bond acceptors (Lipinski definition) is 6. The minimum absolute atomic E-state index is 0.0616. The molecule has 0 atom stereocenters. The predicted octanol–water partition coefficient (Wildman–Crippen LogP) is 3.64. The monoisotopic (exact) mass is 428 g/mol. The fraction of sp³-hybridized carbons (Fsp3) is 0.652. The molecule has 0 unspecified atom stereocenters. The molecule has 7 nitrogen and oxygen atoms in total. The molecule has 1 aromatic rings. The molecule has 0 spiro atoms. The lowest BCUT2D eigenvalue weighted by atomic mass is 9.78. The molecule has 2 aliphatic heterocycles. The number of carbonyl (C=O) groups excluding carboxylic acids is 1. The summed E-state index contributed by atoms with van der Waals surface area (Å²) >= 11 is 0. The number of hydrogen-bond donors (Lipinski definition) is 0. The van der Waals surface area contributed by atoms with Crippen LogP contribution >= 0.6 is 0 Å². The second-order valence-corrected chi connectivity index (χ2v) is 10.2. The number of piperidine rings is 1. The molecular formula is C23H33BN2O5. The zero-order chi connectivity index (χ0) is 23.0. The summed E-state index contributed by atoms with van der Waals surface area (Å²) in [6.07, 6.45) is 1.01. The summed E-state index contributed by atoms with van der Waals surface area (Å²) < 4.78 is 23.7. The topological polar surface area (TPSA) is 81.0 Å². The van der Waals surface area contributed by atoms with E-state index in [0.717, 1.165) is 5.46 Å². The SMILES string of the molecule is CC(C)(C)OC(=O)N1CCC(Oc2ccc(B3OC(C)(C)C(C)(C)O3)cc2C#N)CC1. The fourth-order valence-electron chi connectivity index (χ4n) is 3.53. The molecule has 2 heterocycles. The molecular weight excluding hydrogens is 395 g/mol. The van der Waals surface area contributed by atoms with E-state index >= 15 is 0 Å². The van der Waals surface area contributed by atoms with Crippen molar-refractivity contribution in [1.29, 1.82) is 5.26 Å². The summed E-state index contributed by atoms with van der Waals surface area (Å²) in [6.45, 7) is 14.7. The van der Waals surface area contributed by atoms with Crippen LogP contribution in [0.1, 0.15) is 66.9 Å².